The Labute approximate surface area is 100 Å². The lowest BCUT2D eigenvalue weighted by molar-refractivity contribution is -0.126. The van der Waals surface area contributed by atoms with Crippen molar-refractivity contribution >= 4 is 17.2 Å². The second-order valence-electron chi connectivity index (χ2n) is 4.29. The van der Waals surface area contributed by atoms with Gasteiger partial charge >= 0.3 is 0 Å². The molecule has 1 amide bonds. The van der Waals surface area contributed by atoms with Crippen molar-refractivity contribution in [3.05, 3.63) is 22.4 Å². The lowest BCUT2D eigenvalue weighted by Gasteiger charge is -2.23. The van der Waals surface area contributed by atoms with Crippen LogP contribution in [-0.4, -0.2) is 19.0 Å². The third-order valence-electron chi connectivity index (χ3n) is 3.00. The summed E-state index contributed by atoms with van der Waals surface area (Å²) in [5.41, 5.74) is 0. The fourth-order valence-electron chi connectivity index (χ4n) is 2.02. The van der Waals surface area contributed by atoms with Crippen LogP contribution in [0.5, 0.6) is 0 Å². The number of rotatable bonds is 3. The van der Waals surface area contributed by atoms with Crippen LogP contribution in [0.25, 0.3) is 0 Å². The van der Waals surface area contributed by atoms with Gasteiger partial charge in [-0.05, 0) is 37.8 Å². The van der Waals surface area contributed by atoms with Gasteiger partial charge in [-0.1, -0.05) is 6.07 Å². The molecule has 2 N–H and O–H groups in total. The highest BCUT2D eigenvalue weighted by molar-refractivity contribution is 7.10. The molecule has 0 aliphatic carbocycles. The molecular weight excluding hydrogens is 220 g/mol. The van der Waals surface area contributed by atoms with Gasteiger partial charge in [-0.2, -0.15) is 0 Å². The van der Waals surface area contributed by atoms with Crippen molar-refractivity contribution < 1.29 is 4.79 Å². The molecule has 1 aromatic rings. The minimum Gasteiger partial charge on any atom is -0.348 e. The topological polar surface area (TPSA) is 41.1 Å². The molecule has 1 unspecified atom stereocenters. The van der Waals surface area contributed by atoms with Gasteiger partial charge < -0.3 is 10.6 Å². The molecule has 1 aliphatic heterocycles. The summed E-state index contributed by atoms with van der Waals surface area (Å²) in [4.78, 5) is 13.2. The van der Waals surface area contributed by atoms with Gasteiger partial charge in [-0.15, -0.1) is 11.3 Å². The van der Waals surface area contributed by atoms with Gasteiger partial charge in [-0.25, -0.2) is 0 Å². The zero-order valence-electron chi connectivity index (χ0n) is 9.53. The van der Waals surface area contributed by atoms with Crippen LogP contribution in [-0.2, 0) is 4.79 Å². The number of piperidine rings is 1. The SMILES string of the molecule is CC(NC(=O)[C@@H]1CCCNC1)c1cccs1. The Morgan fingerprint density at radius 1 is 1.69 bits per heavy atom. The van der Waals surface area contributed by atoms with E-state index in [1.54, 1.807) is 11.3 Å². The first-order chi connectivity index (χ1) is 7.77. The lowest BCUT2D eigenvalue weighted by Crippen LogP contribution is -2.41. The molecule has 4 heteroatoms. The summed E-state index contributed by atoms with van der Waals surface area (Å²) >= 11 is 1.69. The smallest absolute Gasteiger partial charge is 0.224 e. The van der Waals surface area contributed by atoms with Crippen LogP contribution in [0.3, 0.4) is 0 Å². The Hall–Kier alpha value is -0.870. The monoisotopic (exact) mass is 238 g/mol. The number of hydrogen-bond acceptors (Lipinski definition) is 3. The number of amides is 1. The standard InChI is InChI=1S/C12H18N2OS/c1-9(11-5-3-7-16-11)14-12(15)10-4-2-6-13-8-10/h3,5,7,9-10,13H,2,4,6,8H2,1H3,(H,14,15)/t9?,10-/m1/s1. The maximum Gasteiger partial charge on any atom is 0.224 e. The van der Waals surface area contributed by atoms with Gasteiger partial charge in [0, 0.05) is 11.4 Å². The van der Waals surface area contributed by atoms with E-state index in [0.717, 1.165) is 25.9 Å². The van der Waals surface area contributed by atoms with E-state index in [2.05, 4.69) is 16.7 Å². The Morgan fingerprint density at radius 2 is 2.56 bits per heavy atom. The van der Waals surface area contributed by atoms with Crippen LogP contribution >= 0.6 is 11.3 Å². The van der Waals surface area contributed by atoms with Crippen LogP contribution < -0.4 is 10.6 Å². The van der Waals surface area contributed by atoms with E-state index < -0.39 is 0 Å². The molecule has 16 heavy (non-hydrogen) atoms. The van der Waals surface area contributed by atoms with Crippen LogP contribution in [0.4, 0.5) is 0 Å². The summed E-state index contributed by atoms with van der Waals surface area (Å²) in [6.45, 7) is 3.91. The van der Waals surface area contributed by atoms with E-state index in [-0.39, 0.29) is 17.9 Å². The predicted octanol–water partition coefficient (Wildman–Crippen LogP) is 1.92. The minimum atomic E-state index is 0.134. The van der Waals surface area contributed by atoms with E-state index in [1.807, 2.05) is 18.4 Å². The van der Waals surface area contributed by atoms with Crippen molar-refractivity contribution in [3.8, 4) is 0 Å². The van der Waals surface area contributed by atoms with Gasteiger partial charge in [0.15, 0.2) is 0 Å². The van der Waals surface area contributed by atoms with E-state index >= 15 is 0 Å². The van der Waals surface area contributed by atoms with Crippen molar-refractivity contribution in [2.75, 3.05) is 13.1 Å². The average Bonchev–Trinajstić information content (AvgIpc) is 2.83. The van der Waals surface area contributed by atoms with Gasteiger partial charge in [0.05, 0.1) is 12.0 Å². The number of carbonyl (C=O) groups excluding carboxylic acids is 1. The molecule has 0 spiro atoms. The minimum absolute atomic E-state index is 0.134. The van der Waals surface area contributed by atoms with Gasteiger partial charge in [0.2, 0.25) is 5.91 Å². The molecule has 2 rings (SSSR count). The molecular formula is C12H18N2OS. The van der Waals surface area contributed by atoms with Crippen LogP contribution in [0, 0.1) is 5.92 Å². The fraction of sp³-hybridized carbons (Fsp3) is 0.583. The summed E-state index contributed by atoms with van der Waals surface area (Å²) in [5, 5.41) is 8.39. The molecule has 0 saturated carbocycles. The van der Waals surface area contributed by atoms with Gasteiger partial charge in [-0.3, -0.25) is 4.79 Å². The highest BCUT2D eigenvalue weighted by atomic mass is 32.1. The summed E-state index contributed by atoms with van der Waals surface area (Å²) in [5.74, 6) is 0.337. The summed E-state index contributed by atoms with van der Waals surface area (Å²) in [6, 6.07) is 4.22. The predicted molar refractivity (Wildman–Crippen MR) is 66.5 cm³/mol. The molecule has 0 radical (unpaired) electrons. The molecule has 88 valence electrons. The molecule has 1 saturated heterocycles. The van der Waals surface area contributed by atoms with Crippen molar-refractivity contribution in [3.63, 3.8) is 0 Å². The van der Waals surface area contributed by atoms with Crippen molar-refractivity contribution in [1.29, 1.82) is 0 Å². The summed E-state index contributed by atoms with van der Waals surface area (Å²) in [7, 11) is 0. The van der Waals surface area contributed by atoms with Crippen LogP contribution in [0.2, 0.25) is 0 Å². The third kappa shape index (κ3) is 2.83. The summed E-state index contributed by atoms with van der Waals surface area (Å²) in [6.07, 6.45) is 2.11. The molecule has 0 bridgehead atoms. The van der Waals surface area contributed by atoms with Crippen molar-refractivity contribution in [1.82, 2.24) is 10.6 Å². The normalized spacial score (nSPS) is 22.7. The van der Waals surface area contributed by atoms with Gasteiger partial charge in [0.25, 0.3) is 0 Å². The highest BCUT2D eigenvalue weighted by Crippen LogP contribution is 2.19. The quantitative estimate of drug-likeness (QED) is 0.845. The van der Waals surface area contributed by atoms with Crippen LogP contribution in [0.1, 0.15) is 30.7 Å². The van der Waals surface area contributed by atoms with E-state index in [9.17, 15) is 4.79 Å². The molecule has 3 nitrogen and oxygen atoms in total. The number of thiophene rings is 1. The Morgan fingerprint density at radius 3 is 3.19 bits per heavy atom. The second kappa shape index (κ2) is 5.46. The van der Waals surface area contributed by atoms with Crippen molar-refractivity contribution in [2.24, 2.45) is 5.92 Å². The zero-order valence-corrected chi connectivity index (χ0v) is 10.3. The number of carbonyl (C=O) groups is 1. The summed E-state index contributed by atoms with van der Waals surface area (Å²) < 4.78 is 0. The van der Waals surface area contributed by atoms with E-state index in [0.29, 0.717) is 0 Å². The Bertz CT molecular complexity index is 331. The zero-order chi connectivity index (χ0) is 11.4. The molecule has 2 heterocycles. The maximum atomic E-state index is 12.0. The molecule has 1 aliphatic rings. The highest BCUT2D eigenvalue weighted by Gasteiger charge is 2.22. The maximum absolute atomic E-state index is 12.0. The average molecular weight is 238 g/mol. The number of hydrogen-bond donors (Lipinski definition) is 2. The first-order valence-corrected chi connectivity index (χ1v) is 6.70. The second-order valence-corrected chi connectivity index (χ2v) is 5.27. The Balaban J connectivity index is 1.86. The molecule has 1 aromatic heterocycles. The van der Waals surface area contributed by atoms with Crippen LogP contribution in [0.15, 0.2) is 17.5 Å². The number of nitrogens with one attached hydrogen (secondary N) is 2. The molecule has 0 aromatic carbocycles. The first-order valence-electron chi connectivity index (χ1n) is 5.82. The Kier molecular flexibility index (Phi) is 3.96. The first kappa shape index (κ1) is 11.6. The van der Waals surface area contributed by atoms with E-state index in [4.69, 9.17) is 0 Å². The lowest BCUT2D eigenvalue weighted by atomic mass is 9.98. The third-order valence-corrected chi connectivity index (χ3v) is 4.05. The van der Waals surface area contributed by atoms with Gasteiger partial charge in [0.1, 0.15) is 0 Å². The fourth-order valence-corrected chi connectivity index (χ4v) is 2.75. The largest absolute Gasteiger partial charge is 0.348 e. The van der Waals surface area contributed by atoms with E-state index in [1.165, 1.54) is 4.88 Å². The molecule has 2 atom stereocenters. The molecule has 1 fully saturated rings. The van der Waals surface area contributed by atoms with Crippen molar-refractivity contribution in [2.45, 2.75) is 25.8 Å².